The average Bonchev–Trinajstić information content (AvgIpc) is 2.38. The predicted molar refractivity (Wildman–Crippen MR) is 74.4 cm³/mol. The summed E-state index contributed by atoms with van der Waals surface area (Å²) < 4.78 is 27.2. The minimum Gasteiger partial charge on any atom is -0.207 e. The van der Waals surface area contributed by atoms with Crippen molar-refractivity contribution in [1.82, 2.24) is 4.72 Å². The molecule has 19 heavy (non-hydrogen) atoms. The number of benzene rings is 2. The van der Waals surface area contributed by atoms with Crippen LogP contribution in [0.4, 0.5) is 0 Å². The van der Waals surface area contributed by atoms with Gasteiger partial charge in [-0.3, -0.25) is 0 Å². The quantitative estimate of drug-likeness (QED) is 0.868. The Kier molecular flexibility index (Phi) is 2.92. The summed E-state index contributed by atoms with van der Waals surface area (Å²) in [6.45, 7) is 2.01. The van der Waals surface area contributed by atoms with E-state index in [1.165, 1.54) is 0 Å². The lowest BCUT2D eigenvalue weighted by atomic mass is 9.98. The third-order valence-corrected chi connectivity index (χ3v) is 5.00. The number of nitrogens with one attached hydrogen (secondary N) is 1. The van der Waals surface area contributed by atoms with Crippen molar-refractivity contribution in [1.29, 1.82) is 0 Å². The Balaban J connectivity index is 2.06. The highest BCUT2D eigenvalue weighted by Crippen LogP contribution is 2.30. The van der Waals surface area contributed by atoms with Crippen LogP contribution >= 0.6 is 0 Å². The van der Waals surface area contributed by atoms with Crippen LogP contribution in [-0.2, 0) is 16.4 Å². The largest absolute Gasteiger partial charge is 0.241 e. The Labute approximate surface area is 113 Å². The van der Waals surface area contributed by atoms with Crippen LogP contribution in [0.3, 0.4) is 0 Å². The molecule has 0 aliphatic carbocycles. The Morgan fingerprint density at radius 2 is 1.89 bits per heavy atom. The van der Waals surface area contributed by atoms with Crippen molar-refractivity contribution < 1.29 is 8.42 Å². The van der Waals surface area contributed by atoms with E-state index in [0.717, 1.165) is 16.7 Å². The molecule has 2 aromatic rings. The normalized spacial score (nSPS) is 20.8. The van der Waals surface area contributed by atoms with Crippen molar-refractivity contribution in [2.45, 2.75) is 24.3 Å². The summed E-state index contributed by atoms with van der Waals surface area (Å²) in [5.41, 5.74) is 3.03. The molecule has 0 radical (unpaired) electrons. The molecule has 0 saturated heterocycles. The van der Waals surface area contributed by atoms with Crippen LogP contribution in [0.1, 0.15) is 22.7 Å². The molecule has 4 heteroatoms. The molecule has 2 aromatic carbocycles. The number of hydrogen-bond donors (Lipinski definition) is 1. The van der Waals surface area contributed by atoms with Crippen LogP contribution in [-0.4, -0.2) is 8.42 Å². The fourth-order valence-corrected chi connectivity index (χ4v) is 3.99. The van der Waals surface area contributed by atoms with Crippen LogP contribution in [0.25, 0.3) is 0 Å². The van der Waals surface area contributed by atoms with Gasteiger partial charge in [-0.05, 0) is 30.5 Å². The fraction of sp³-hybridized carbons (Fsp3) is 0.200. The van der Waals surface area contributed by atoms with E-state index in [-0.39, 0.29) is 6.04 Å². The van der Waals surface area contributed by atoms with E-state index in [2.05, 4.69) is 4.72 Å². The first kappa shape index (κ1) is 12.4. The van der Waals surface area contributed by atoms with Crippen LogP contribution in [0.2, 0.25) is 0 Å². The molecule has 0 bridgehead atoms. The molecule has 1 aliphatic heterocycles. The Morgan fingerprint density at radius 1 is 1.11 bits per heavy atom. The molecule has 3 nitrogen and oxygen atoms in total. The standard InChI is InChI=1S/C15H15NO2S/c1-11-5-4-7-12(9-11)14-10-13-6-2-3-8-15(13)19(17,18)16-14/h2-9,14,16H,10H2,1H3/t14-/m1/s1. The first-order valence-electron chi connectivity index (χ1n) is 6.23. The molecule has 0 amide bonds. The highest BCUT2D eigenvalue weighted by molar-refractivity contribution is 7.89. The molecule has 1 atom stereocenters. The Bertz CT molecular complexity index is 722. The summed E-state index contributed by atoms with van der Waals surface area (Å²) in [6.07, 6.45) is 0.693. The minimum absolute atomic E-state index is 0.181. The molecule has 1 aliphatic rings. The average molecular weight is 273 g/mol. The monoisotopic (exact) mass is 273 g/mol. The lowest BCUT2D eigenvalue weighted by molar-refractivity contribution is 0.537. The van der Waals surface area contributed by atoms with Gasteiger partial charge in [0.15, 0.2) is 0 Å². The smallest absolute Gasteiger partial charge is 0.207 e. The topological polar surface area (TPSA) is 46.2 Å². The number of aryl methyl sites for hydroxylation is 1. The third-order valence-electron chi connectivity index (χ3n) is 3.43. The lowest BCUT2D eigenvalue weighted by Crippen LogP contribution is -2.35. The number of sulfonamides is 1. The van der Waals surface area contributed by atoms with Gasteiger partial charge in [-0.25, -0.2) is 13.1 Å². The SMILES string of the molecule is Cc1cccc([C@H]2Cc3ccccc3S(=O)(=O)N2)c1. The molecule has 0 spiro atoms. The number of hydrogen-bond acceptors (Lipinski definition) is 2. The highest BCUT2D eigenvalue weighted by Gasteiger charge is 2.29. The summed E-state index contributed by atoms with van der Waals surface area (Å²) >= 11 is 0. The maximum absolute atomic E-state index is 12.2. The van der Waals surface area contributed by atoms with Gasteiger partial charge in [0, 0.05) is 0 Å². The van der Waals surface area contributed by atoms with Gasteiger partial charge in [-0.2, -0.15) is 0 Å². The van der Waals surface area contributed by atoms with E-state index in [1.54, 1.807) is 12.1 Å². The molecular formula is C15H15NO2S. The van der Waals surface area contributed by atoms with Crippen molar-refractivity contribution in [2.24, 2.45) is 0 Å². The second kappa shape index (κ2) is 4.47. The van der Waals surface area contributed by atoms with Crippen molar-refractivity contribution in [3.05, 3.63) is 65.2 Å². The summed E-state index contributed by atoms with van der Waals surface area (Å²) in [7, 11) is -3.40. The van der Waals surface area contributed by atoms with E-state index in [9.17, 15) is 8.42 Å². The first-order valence-corrected chi connectivity index (χ1v) is 7.71. The molecule has 1 N–H and O–H groups in total. The zero-order valence-corrected chi connectivity index (χ0v) is 11.4. The van der Waals surface area contributed by atoms with Crippen molar-refractivity contribution >= 4 is 10.0 Å². The van der Waals surface area contributed by atoms with Crippen LogP contribution in [0.5, 0.6) is 0 Å². The third kappa shape index (κ3) is 2.29. The van der Waals surface area contributed by atoms with E-state index in [0.29, 0.717) is 11.3 Å². The second-order valence-corrected chi connectivity index (χ2v) is 6.58. The Hall–Kier alpha value is -1.65. The molecule has 0 unspecified atom stereocenters. The predicted octanol–water partition coefficient (Wildman–Crippen LogP) is 2.57. The van der Waals surface area contributed by atoms with Gasteiger partial charge in [-0.15, -0.1) is 0 Å². The van der Waals surface area contributed by atoms with Crippen LogP contribution in [0, 0.1) is 6.92 Å². The highest BCUT2D eigenvalue weighted by atomic mass is 32.2. The maximum atomic E-state index is 12.2. The molecule has 0 fully saturated rings. The first-order chi connectivity index (χ1) is 9.06. The second-order valence-electron chi connectivity index (χ2n) is 4.90. The molecule has 0 aromatic heterocycles. The lowest BCUT2D eigenvalue weighted by Gasteiger charge is -2.26. The van der Waals surface area contributed by atoms with Crippen molar-refractivity contribution in [3.8, 4) is 0 Å². The fourth-order valence-electron chi connectivity index (χ4n) is 2.52. The summed E-state index contributed by atoms with van der Waals surface area (Å²) in [6, 6.07) is 15.0. The van der Waals surface area contributed by atoms with Gasteiger partial charge in [0.1, 0.15) is 0 Å². The van der Waals surface area contributed by atoms with E-state index in [4.69, 9.17) is 0 Å². The minimum atomic E-state index is -3.40. The van der Waals surface area contributed by atoms with Crippen LogP contribution < -0.4 is 4.72 Å². The van der Waals surface area contributed by atoms with Gasteiger partial charge < -0.3 is 0 Å². The number of rotatable bonds is 1. The van der Waals surface area contributed by atoms with Crippen molar-refractivity contribution in [2.75, 3.05) is 0 Å². The molecular weight excluding hydrogens is 258 g/mol. The molecule has 3 rings (SSSR count). The van der Waals surface area contributed by atoms with Gasteiger partial charge in [0.25, 0.3) is 0 Å². The van der Waals surface area contributed by atoms with Gasteiger partial charge in [-0.1, -0.05) is 48.0 Å². The molecule has 98 valence electrons. The summed E-state index contributed by atoms with van der Waals surface area (Å²) in [5.74, 6) is 0. The molecule has 1 heterocycles. The zero-order valence-electron chi connectivity index (χ0n) is 10.6. The van der Waals surface area contributed by atoms with E-state index in [1.807, 2.05) is 43.3 Å². The van der Waals surface area contributed by atoms with Gasteiger partial charge >= 0.3 is 0 Å². The number of fused-ring (bicyclic) bond motifs is 1. The zero-order chi connectivity index (χ0) is 13.5. The Morgan fingerprint density at radius 3 is 2.68 bits per heavy atom. The van der Waals surface area contributed by atoms with Crippen LogP contribution in [0.15, 0.2) is 53.4 Å². The summed E-state index contributed by atoms with van der Waals surface area (Å²) in [5, 5.41) is 0. The van der Waals surface area contributed by atoms with Crippen molar-refractivity contribution in [3.63, 3.8) is 0 Å². The van der Waals surface area contributed by atoms with E-state index < -0.39 is 10.0 Å². The maximum Gasteiger partial charge on any atom is 0.241 e. The summed E-state index contributed by atoms with van der Waals surface area (Å²) in [4.78, 5) is 0.402. The molecule has 0 saturated carbocycles. The van der Waals surface area contributed by atoms with Gasteiger partial charge in [0.2, 0.25) is 10.0 Å². The van der Waals surface area contributed by atoms with Gasteiger partial charge in [0.05, 0.1) is 10.9 Å². The van der Waals surface area contributed by atoms with E-state index >= 15 is 0 Å².